The number of hydrogen-bond donors (Lipinski definition) is 1. The van der Waals surface area contributed by atoms with Gasteiger partial charge in [0, 0.05) is 4.88 Å². The highest BCUT2D eigenvalue weighted by Gasteiger charge is 2.23. The lowest BCUT2D eigenvalue weighted by Crippen LogP contribution is -2.24. The standard InChI is InChI=1S/C26H26N4O4S2/c1-3-33-18-12-9-17(10-13-18)30-25(32)23-20-6-4-5-7-21(20)36-24(23)28-26(30)35-15-22(31)29-27-14-19-11-8-16(2)34-19/h8-14H,3-7,15H2,1-2H3,(H,29,31). The Bertz CT molecular complexity index is 1480. The molecule has 0 fully saturated rings. The van der Waals surface area contributed by atoms with Crippen molar-refractivity contribution in [3.8, 4) is 11.4 Å². The van der Waals surface area contributed by atoms with Crippen molar-refractivity contribution in [3.05, 3.63) is 68.7 Å². The van der Waals surface area contributed by atoms with E-state index in [-0.39, 0.29) is 17.2 Å². The van der Waals surface area contributed by atoms with Gasteiger partial charge in [0.25, 0.3) is 11.5 Å². The molecule has 0 radical (unpaired) electrons. The molecule has 1 aliphatic carbocycles. The number of rotatable bonds is 8. The van der Waals surface area contributed by atoms with Gasteiger partial charge in [0.2, 0.25) is 0 Å². The molecular weight excluding hydrogens is 496 g/mol. The van der Waals surface area contributed by atoms with Crippen LogP contribution < -0.4 is 15.7 Å². The molecule has 36 heavy (non-hydrogen) atoms. The van der Waals surface area contributed by atoms with Gasteiger partial charge in [-0.25, -0.2) is 10.4 Å². The fourth-order valence-electron chi connectivity index (χ4n) is 4.22. The van der Waals surface area contributed by atoms with Crippen LogP contribution >= 0.6 is 23.1 Å². The van der Waals surface area contributed by atoms with E-state index in [2.05, 4.69) is 10.5 Å². The molecule has 0 atom stereocenters. The summed E-state index contributed by atoms with van der Waals surface area (Å²) in [6.07, 6.45) is 5.54. The van der Waals surface area contributed by atoms with Gasteiger partial charge in [-0.2, -0.15) is 5.10 Å². The van der Waals surface area contributed by atoms with Gasteiger partial charge in [0.1, 0.15) is 22.1 Å². The van der Waals surface area contributed by atoms with Gasteiger partial charge < -0.3 is 9.15 Å². The highest BCUT2D eigenvalue weighted by molar-refractivity contribution is 7.99. The number of thioether (sulfide) groups is 1. The minimum Gasteiger partial charge on any atom is -0.494 e. The van der Waals surface area contributed by atoms with Crippen molar-refractivity contribution in [2.45, 2.75) is 44.7 Å². The lowest BCUT2D eigenvalue weighted by atomic mass is 9.97. The number of carbonyl (C=O) groups excluding carboxylic acids is 1. The van der Waals surface area contributed by atoms with E-state index in [0.717, 1.165) is 47.6 Å². The molecule has 1 aromatic carbocycles. The Morgan fingerprint density at radius 3 is 2.81 bits per heavy atom. The summed E-state index contributed by atoms with van der Waals surface area (Å²) < 4.78 is 12.6. The molecule has 10 heteroatoms. The van der Waals surface area contributed by atoms with Crippen molar-refractivity contribution < 1.29 is 13.9 Å². The third kappa shape index (κ3) is 5.10. The van der Waals surface area contributed by atoms with Crippen LogP contribution in [0.25, 0.3) is 15.9 Å². The normalized spacial score (nSPS) is 13.3. The number of fused-ring (bicyclic) bond motifs is 3. The van der Waals surface area contributed by atoms with Crippen LogP contribution in [-0.4, -0.2) is 34.0 Å². The van der Waals surface area contributed by atoms with Gasteiger partial charge in [0.15, 0.2) is 5.16 Å². The molecule has 0 aliphatic heterocycles. The molecule has 1 aliphatic rings. The number of benzene rings is 1. The minimum absolute atomic E-state index is 0.0502. The molecule has 4 aromatic rings. The maximum absolute atomic E-state index is 13.8. The van der Waals surface area contributed by atoms with Crippen LogP contribution in [0.2, 0.25) is 0 Å². The maximum atomic E-state index is 13.8. The first-order valence-corrected chi connectivity index (χ1v) is 13.7. The van der Waals surface area contributed by atoms with Crippen LogP contribution in [0.1, 0.15) is 41.7 Å². The number of thiophene rings is 1. The van der Waals surface area contributed by atoms with Gasteiger partial charge in [-0.3, -0.25) is 14.2 Å². The number of nitrogens with one attached hydrogen (secondary N) is 1. The van der Waals surface area contributed by atoms with E-state index in [9.17, 15) is 9.59 Å². The van der Waals surface area contributed by atoms with Crippen molar-refractivity contribution in [1.29, 1.82) is 0 Å². The number of nitrogens with zero attached hydrogens (tertiary/aromatic N) is 3. The van der Waals surface area contributed by atoms with Crippen LogP contribution in [0.15, 0.2) is 55.9 Å². The molecule has 0 saturated carbocycles. The molecule has 3 heterocycles. The van der Waals surface area contributed by atoms with E-state index in [4.69, 9.17) is 14.1 Å². The van der Waals surface area contributed by atoms with Gasteiger partial charge in [-0.1, -0.05) is 11.8 Å². The molecule has 1 amide bonds. The summed E-state index contributed by atoms with van der Waals surface area (Å²) in [5, 5.41) is 5.13. The third-order valence-electron chi connectivity index (χ3n) is 5.84. The van der Waals surface area contributed by atoms with E-state index in [1.54, 1.807) is 22.0 Å². The Balaban J connectivity index is 1.45. The fourth-order valence-corrected chi connectivity index (χ4v) is 6.33. The average molecular weight is 523 g/mol. The zero-order chi connectivity index (χ0) is 25.1. The molecule has 0 bridgehead atoms. The second-order valence-corrected chi connectivity index (χ2v) is 10.4. The summed E-state index contributed by atoms with van der Waals surface area (Å²) in [5.74, 6) is 1.79. The molecule has 5 rings (SSSR count). The molecule has 8 nitrogen and oxygen atoms in total. The predicted molar refractivity (Wildman–Crippen MR) is 143 cm³/mol. The Morgan fingerprint density at radius 2 is 2.06 bits per heavy atom. The van der Waals surface area contributed by atoms with Gasteiger partial charge in [-0.05, 0) is 81.5 Å². The number of carbonyl (C=O) groups is 1. The van der Waals surface area contributed by atoms with Crippen molar-refractivity contribution in [2.75, 3.05) is 12.4 Å². The molecule has 3 aromatic heterocycles. The van der Waals surface area contributed by atoms with Gasteiger partial charge >= 0.3 is 0 Å². The SMILES string of the molecule is CCOc1ccc(-n2c(SCC(=O)NN=Cc3ccc(C)o3)nc3sc4c(c3c2=O)CCCC4)cc1. The second kappa shape index (κ2) is 10.7. The zero-order valence-electron chi connectivity index (χ0n) is 20.1. The Kier molecular flexibility index (Phi) is 7.24. The summed E-state index contributed by atoms with van der Waals surface area (Å²) >= 11 is 2.80. The van der Waals surface area contributed by atoms with Crippen molar-refractivity contribution >= 4 is 45.4 Å². The first kappa shape index (κ1) is 24.3. The first-order chi connectivity index (χ1) is 17.5. The second-order valence-electron chi connectivity index (χ2n) is 8.38. The Hall–Kier alpha value is -3.37. The maximum Gasteiger partial charge on any atom is 0.267 e. The number of amides is 1. The fraction of sp³-hybridized carbons (Fsp3) is 0.308. The summed E-state index contributed by atoms with van der Waals surface area (Å²) in [5.41, 5.74) is 4.22. The largest absolute Gasteiger partial charge is 0.494 e. The molecular formula is C26H26N4O4S2. The van der Waals surface area contributed by atoms with E-state index in [0.29, 0.717) is 28.6 Å². The molecule has 1 N–H and O–H groups in total. The number of aromatic nitrogens is 2. The van der Waals surface area contributed by atoms with E-state index < -0.39 is 0 Å². The summed E-state index contributed by atoms with van der Waals surface area (Å²) in [7, 11) is 0. The summed E-state index contributed by atoms with van der Waals surface area (Å²) in [6.45, 7) is 4.33. The lowest BCUT2D eigenvalue weighted by Gasteiger charge is -2.14. The Morgan fingerprint density at radius 1 is 1.25 bits per heavy atom. The first-order valence-electron chi connectivity index (χ1n) is 11.8. The predicted octanol–water partition coefficient (Wildman–Crippen LogP) is 4.87. The Labute approximate surface area is 216 Å². The minimum atomic E-state index is -0.308. The lowest BCUT2D eigenvalue weighted by molar-refractivity contribution is -0.118. The van der Waals surface area contributed by atoms with Gasteiger partial charge in [-0.15, -0.1) is 11.3 Å². The number of aryl methyl sites for hydroxylation is 3. The topological polar surface area (TPSA) is 98.7 Å². The van der Waals surface area contributed by atoms with E-state index >= 15 is 0 Å². The monoisotopic (exact) mass is 522 g/mol. The van der Waals surface area contributed by atoms with Crippen LogP contribution in [0.3, 0.4) is 0 Å². The van der Waals surface area contributed by atoms with Crippen LogP contribution in [0, 0.1) is 6.92 Å². The zero-order valence-corrected chi connectivity index (χ0v) is 21.7. The van der Waals surface area contributed by atoms with Crippen molar-refractivity contribution in [3.63, 3.8) is 0 Å². The van der Waals surface area contributed by atoms with Crippen LogP contribution in [0.4, 0.5) is 0 Å². The summed E-state index contributed by atoms with van der Waals surface area (Å²) in [4.78, 5) is 33.1. The number of hydrazone groups is 1. The van der Waals surface area contributed by atoms with Crippen molar-refractivity contribution in [1.82, 2.24) is 15.0 Å². The smallest absolute Gasteiger partial charge is 0.267 e. The van der Waals surface area contributed by atoms with Gasteiger partial charge in [0.05, 0.1) is 29.6 Å². The number of hydrogen-bond acceptors (Lipinski definition) is 8. The van der Waals surface area contributed by atoms with Crippen LogP contribution in [0.5, 0.6) is 5.75 Å². The molecule has 0 unspecified atom stereocenters. The van der Waals surface area contributed by atoms with Crippen molar-refractivity contribution in [2.24, 2.45) is 5.10 Å². The third-order valence-corrected chi connectivity index (χ3v) is 7.96. The highest BCUT2D eigenvalue weighted by atomic mass is 32.2. The van der Waals surface area contributed by atoms with E-state index in [1.165, 1.54) is 22.9 Å². The molecule has 0 spiro atoms. The molecule has 186 valence electrons. The number of ether oxygens (including phenoxy) is 1. The van der Waals surface area contributed by atoms with Crippen LogP contribution in [-0.2, 0) is 17.6 Å². The number of furan rings is 1. The quantitative estimate of drug-likeness (QED) is 0.153. The average Bonchev–Trinajstić information content (AvgIpc) is 3.46. The highest BCUT2D eigenvalue weighted by Crippen LogP contribution is 2.35. The van der Waals surface area contributed by atoms with E-state index in [1.807, 2.05) is 44.2 Å². The summed E-state index contributed by atoms with van der Waals surface area (Å²) in [6, 6.07) is 11.0. The molecule has 0 saturated heterocycles.